The molecular weight excluding hydrogens is 378 g/mol. The van der Waals surface area contributed by atoms with Crippen molar-refractivity contribution in [3.63, 3.8) is 0 Å². The van der Waals surface area contributed by atoms with Gasteiger partial charge >= 0.3 is 0 Å². The standard InChI is InChI=1S/C20H25N3O4S/c1-12(24)22-5-3-20(4-6-22)17-13(2-7-27-20)8-16(28-17)19(26)23-10-14-9-21-18(25)15(14)11-23/h8,14-15H,2-7,9-11H2,1H3,(H,21,25)/t14-,15+/m0/s1. The van der Waals surface area contributed by atoms with Crippen LogP contribution >= 0.6 is 11.3 Å². The summed E-state index contributed by atoms with van der Waals surface area (Å²) < 4.78 is 6.25. The number of amides is 3. The van der Waals surface area contributed by atoms with Gasteiger partial charge < -0.3 is 19.9 Å². The van der Waals surface area contributed by atoms with Crippen LogP contribution < -0.4 is 5.32 Å². The monoisotopic (exact) mass is 403 g/mol. The van der Waals surface area contributed by atoms with Crippen molar-refractivity contribution in [2.75, 3.05) is 39.3 Å². The topological polar surface area (TPSA) is 79.0 Å². The van der Waals surface area contributed by atoms with Crippen LogP contribution in [0.1, 0.15) is 39.9 Å². The summed E-state index contributed by atoms with van der Waals surface area (Å²) in [7, 11) is 0. The number of nitrogens with one attached hydrogen (secondary N) is 1. The molecule has 1 aromatic rings. The third kappa shape index (κ3) is 2.76. The van der Waals surface area contributed by atoms with Crippen molar-refractivity contribution in [3.05, 3.63) is 21.4 Å². The summed E-state index contributed by atoms with van der Waals surface area (Å²) in [4.78, 5) is 42.3. The number of ether oxygens (including phenoxy) is 1. The van der Waals surface area contributed by atoms with E-state index in [9.17, 15) is 14.4 Å². The molecule has 4 aliphatic rings. The highest BCUT2D eigenvalue weighted by molar-refractivity contribution is 7.14. The third-order valence-corrected chi connectivity index (χ3v) is 8.15. The van der Waals surface area contributed by atoms with Crippen molar-refractivity contribution in [3.8, 4) is 0 Å². The van der Waals surface area contributed by atoms with Gasteiger partial charge in [-0.05, 0) is 30.9 Å². The Balaban J connectivity index is 1.36. The molecule has 1 aromatic heterocycles. The summed E-state index contributed by atoms with van der Waals surface area (Å²) in [6.45, 7) is 5.51. The first-order chi connectivity index (χ1) is 13.5. The first kappa shape index (κ1) is 18.1. The number of nitrogens with zero attached hydrogens (tertiary/aromatic N) is 2. The van der Waals surface area contributed by atoms with E-state index in [4.69, 9.17) is 4.74 Å². The molecule has 0 aliphatic carbocycles. The molecule has 1 spiro atoms. The van der Waals surface area contributed by atoms with Crippen LogP contribution in [0, 0.1) is 11.8 Å². The van der Waals surface area contributed by atoms with Crippen molar-refractivity contribution in [2.45, 2.75) is 31.8 Å². The van der Waals surface area contributed by atoms with Crippen LogP contribution in [0.25, 0.3) is 0 Å². The minimum absolute atomic E-state index is 0.0397. The fourth-order valence-electron chi connectivity index (χ4n) is 5.14. The van der Waals surface area contributed by atoms with Gasteiger partial charge in [-0.25, -0.2) is 0 Å². The molecule has 3 saturated heterocycles. The molecule has 0 saturated carbocycles. The van der Waals surface area contributed by atoms with Crippen molar-refractivity contribution in [1.29, 1.82) is 0 Å². The number of rotatable bonds is 1. The third-order valence-electron chi connectivity index (χ3n) is 6.80. The van der Waals surface area contributed by atoms with E-state index >= 15 is 0 Å². The summed E-state index contributed by atoms with van der Waals surface area (Å²) in [5.74, 6) is 0.422. The Morgan fingerprint density at radius 3 is 2.75 bits per heavy atom. The molecular formula is C20H25N3O4S. The maximum atomic E-state index is 13.1. The molecule has 5 rings (SSSR count). The molecule has 2 atom stereocenters. The second kappa shape index (κ2) is 6.56. The number of hydrogen-bond acceptors (Lipinski definition) is 5. The SMILES string of the molecule is CC(=O)N1CCC2(CC1)OCCc1cc(C(=O)N3C[C@@H]4CNC(=O)[C@@H]4C3)sc12. The van der Waals surface area contributed by atoms with Crippen molar-refractivity contribution in [1.82, 2.24) is 15.1 Å². The predicted molar refractivity (Wildman–Crippen MR) is 103 cm³/mol. The smallest absolute Gasteiger partial charge is 0.263 e. The lowest BCUT2D eigenvalue weighted by Gasteiger charge is -2.43. The lowest BCUT2D eigenvalue weighted by molar-refractivity contribution is -0.138. The maximum Gasteiger partial charge on any atom is 0.263 e. The average Bonchev–Trinajstić information content (AvgIpc) is 3.38. The van der Waals surface area contributed by atoms with E-state index < -0.39 is 0 Å². The number of likely N-dealkylation sites (tertiary alicyclic amines) is 2. The number of carbonyl (C=O) groups excluding carboxylic acids is 3. The van der Waals surface area contributed by atoms with Gasteiger partial charge in [0.15, 0.2) is 0 Å². The van der Waals surface area contributed by atoms with E-state index in [2.05, 4.69) is 5.32 Å². The molecule has 0 radical (unpaired) electrons. The molecule has 7 nitrogen and oxygen atoms in total. The largest absolute Gasteiger partial charge is 0.369 e. The van der Waals surface area contributed by atoms with Gasteiger partial charge in [0, 0.05) is 50.4 Å². The van der Waals surface area contributed by atoms with Crippen molar-refractivity contribution >= 4 is 29.1 Å². The van der Waals surface area contributed by atoms with Gasteiger partial charge in [0.1, 0.15) is 5.60 Å². The van der Waals surface area contributed by atoms with E-state index in [1.54, 1.807) is 18.3 Å². The molecule has 4 aliphatic heterocycles. The van der Waals surface area contributed by atoms with E-state index in [1.807, 2.05) is 15.9 Å². The van der Waals surface area contributed by atoms with Gasteiger partial charge in [-0.3, -0.25) is 14.4 Å². The zero-order valence-corrected chi connectivity index (χ0v) is 16.8. The summed E-state index contributed by atoms with van der Waals surface area (Å²) in [6, 6.07) is 2.04. The molecule has 3 fully saturated rings. The van der Waals surface area contributed by atoms with Crippen LogP contribution in [0.5, 0.6) is 0 Å². The van der Waals surface area contributed by atoms with Crippen LogP contribution in [0.3, 0.4) is 0 Å². The fraction of sp³-hybridized carbons (Fsp3) is 0.650. The highest BCUT2D eigenvalue weighted by atomic mass is 32.1. The Labute approximate surface area is 168 Å². The Hall–Kier alpha value is -1.93. The second-order valence-electron chi connectivity index (χ2n) is 8.39. The van der Waals surface area contributed by atoms with Gasteiger partial charge in [-0.1, -0.05) is 0 Å². The van der Waals surface area contributed by atoms with E-state index in [0.29, 0.717) is 39.3 Å². The normalized spacial score (nSPS) is 28.2. The molecule has 3 amide bonds. The lowest BCUT2D eigenvalue weighted by Crippen LogP contribution is -2.47. The zero-order chi connectivity index (χ0) is 19.5. The minimum atomic E-state index is -0.357. The summed E-state index contributed by atoms with van der Waals surface area (Å²) >= 11 is 1.55. The van der Waals surface area contributed by atoms with E-state index in [1.165, 1.54) is 10.4 Å². The summed E-state index contributed by atoms with van der Waals surface area (Å²) in [5.41, 5.74) is 0.859. The molecule has 0 aromatic carbocycles. The van der Waals surface area contributed by atoms with Crippen molar-refractivity contribution < 1.29 is 19.1 Å². The fourth-order valence-corrected chi connectivity index (χ4v) is 6.52. The molecule has 0 unspecified atom stereocenters. The highest BCUT2D eigenvalue weighted by Gasteiger charge is 2.46. The maximum absolute atomic E-state index is 13.1. The van der Waals surface area contributed by atoms with Gasteiger partial charge in [-0.2, -0.15) is 0 Å². The van der Waals surface area contributed by atoms with Crippen LogP contribution in [0.4, 0.5) is 0 Å². The average molecular weight is 404 g/mol. The Bertz CT molecular complexity index is 843. The zero-order valence-electron chi connectivity index (χ0n) is 16.0. The van der Waals surface area contributed by atoms with Gasteiger partial charge in [0.05, 0.1) is 17.4 Å². The van der Waals surface area contributed by atoms with Crippen molar-refractivity contribution in [2.24, 2.45) is 11.8 Å². The highest BCUT2D eigenvalue weighted by Crippen LogP contribution is 2.46. The van der Waals surface area contributed by atoms with E-state index in [0.717, 1.165) is 24.1 Å². The molecule has 8 heteroatoms. The molecule has 1 N–H and O–H groups in total. The van der Waals surface area contributed by atoms with Gasteiger partial charge in [0.2, 0.25) is 11.8 Å². The molecule has 5 heterocycles. The first-order valence-electron chi connectivity index (χ1n) is 10.1. The number of piperidine rings is 1. The second-order valence-corrected chi connectivity index (χ2v) is 9.44. The molecule has 28 heavy (non-hydrogen) atoms. The Kier molecular flexibility index (Phi) is 4.24. The first-order valence-corrected chi connectivity index (χ1v) is 10.9. The summed E-state index contributed by atoms with van der Waals surface area (Å²) in [5, 5.41) is 2.89. The van der Waals surface area contributed by atoms with Crippen LogP contribution in [0.15, 0.2) is 6.07 Å². The van der Waals surface area contributed by atoms with Crippen LogP contribution in [-0.4, -0.2) is 66.9 Å². The Morgan fingerprint density at radius 1 is 1.25 bits per heavy atom. The molecule has 150 valence electrons. The van der Waals surface area contributed by atoms with Crippen LogP contribution in [-0.2, 0) is 26.3 Å². The minimum Gasteiger partial charge on any atom is -0.369 e. The molecule has 0 bridgehead atoms. The van der Waals surface area contributed by atoms with Crippen LogP contribution in [0.2, 0.25) is 0 Å². The predicted octanol–water partition coefficient (Wildman–Crippen LogP) is 0.976. The van der Waals surface area contributed by atoms with Gasteiger partial charge in [0.25, 0.3) is 5.91 Å². The number of thiophene rings is 1. The van der Waals surface area contributed by atoms with E-state index in [-0.39, 0.29) is 35.2 Å². The Morgan fingerprint density at radius 2 is 2.04 bits per heavy atom. The number of carbonyl (C=O) groups is 3. The lowest BCUT2D eigenvalue weighted by atomic mass is 9.85. The quantitative estimate of drug-likeness (QED) is 0.758. The number of fused-ring (bicyclic) bond motifs is 3. The van der Waals surface area contributed by atoms with Gasteiger partial charge in [-0.15, -0.1) is 11.3 Å². The number of hydrogen-bond donors (Lipinski definition) is 1. The summed E-state index contributed by atoms with van der Waals surface area (Å²) in [6.07, 6.45) is 2.38.